The first-order valence-electron chi connectivity index (χ1n) is 9.50. The zero-order chi connectivity index (χ0) is 17.5. The Balaban J connectivity index is 1.53. The molecule has 1 N–H and O–H groups in total. The van der Waals surface area contributed by atoms with Gasteiger partial charge in [-0.2, -0.15) is 5.10 Å². The molecule has 5 rings (SSSR count). The van der Waals surface area contributed by atoms with Crippen molar-refractivity contribution < 1.29 is 0 Å². The quantitative estimate of drug-likeness (QED) is 0.766. The second-order valence-electron chi connectivity index (χ2n) is 7.24. The number of aromatic nitrogens is 5. The summed E-state index contributed by atoms with van der Waals surface area (Å²) < 4.78 is 0. The Bertz CT molecular complexity index is 935. The summed E-state index contributed by atoms with van der Waals surface area (Å²) in [6, 6.07) is 4.60. The van der Waals surface area contributed by atoms with Crippen LogP contribution in [0.15, 0.2) is 24.5 Å². The molecule has 134 valence electrons. The van der Waals surface area contributed by atoms with Gasteiger partial charge < -0.3 is 9.80 Å². The third-order valence-corrected chi connectivity index (χ3v) is 5.54. The van der Waals surface area contributed by atoms with Crippen molar-refractivity contribution in [2.45, 2.75) is 45.1 Å². The Morgan fingerprint density at radius 3 is 3.04 bits per heavy atom. The maximum absolute atomic E-state index is 4.82. The second-order valence-corrected chi connectivity index (χ2v) is 7.24. The number of hydrogen-bond acceptors (Lipinski definition) is 6. The van der Waals surface area contributed by atoms with Gasteiger partial charge in [-0.25, -0.2) is 9.97 Å². The van der Waals surface area contributed by atoms with Crippen LogP contribution in [0.1, 0.15) is 38.3 Å². The van der Waals surface area contributed by atoms with Gasteiger partial charge >= 0.3 is 0 Å². The van der Waals surface area contributed by atoms with Gasteiger partial charge in [0.2, 0.25) is 0 Å². The minimum absolute atomic E-state index is 0.512. The predicted octanol–water partition coefficient (Wildman–Crippen LogP) is 3.21. The van der Waals surface area contributed by atoms with E-state index in [9.17, 15) is 0 Å². The van der Waals surface area contributed by atoms with Gasteiger partial charge in [0.05, 0.1) is 17.6 Å². The van der Waals surface area contributed by atoms with Crippen molar-refractivity contribution in [1.29, 1.82) is 0 Å². The molecule has 7 heteroatoms. The number of nitrogens with one attached hydrogen (secondary N) is 1. The summed E-state index contributed by atoms with van der Waals surface area (Å²) in [6.07, 6.45) is 9.56. The monoisotopic (exact) mass is 349 g/mol. The minimum Gasteiger partial charge on any atom is -0.353 e. The summed E-state index contributed by atoms with van der Waals surface area (Å²) in [5, 5.41) is 7.65. The van der Waals surface area contributed by atoms with E-state index in [0.717, 1.165) is 60.1 Å². The molecule has 26 heavy (non-hydrogen) atoms. The van der Waals surface area contributed by atoms with Crippen LogP contribution < -0.4 is 9.80 Å². The highest BCUT2D eigenvalue weighted by Gasteiger charge is 2.25. The number of nitrogens with zero attached hydrogens (tertiary/aromatic N) is 6. The zero-order valence-electron chi connectivity index (χ0n) is 15.0. The summed E-state index contributed by atoms with van der Waals surface area (Å²) in [5.74, 6) is 1.79. The van der Waals surface area contributed by atoms with Gasteiger partial charge in [0, 0.05) is 25.3 Å². The van der Waals surface area contributed by atoms with Crippen molar-refractivity contribution in [3.63, 3.8) is 0 Å². The molecule has 0 spiro atoms. The predicted molar refractivity (Wildman–Crippen MR) is 102 cm³/mol. The van der Waals surface area contributed by atoms with Crippen LogP contribution in [0, 0.1) is 0 Å². The molecule has 7 nitrogen and oxygen atoms in total. The summed E-state index contributed by atoms with van der Waals surface area (Å²) in [4.78, 5) is 18.7. The first-order valence-corrected chi connectivity index (χ1v) is 9.50. The Labute approximate surface area is 152 Å². The van der Waals surface area contributed by atoms with Crippen molar-refractivity contribution in [3.05, 3.63) is 30.2 Å². The number of piperidine rings is 1. The lowest BCUT2D eigenvalue weighted by molar-refractivity contribution is 0.481. The van der Waals surface area contributed by atoms with Crippen LogP contribution in [-0.4, -0.2) is 44.3 Å². The zero-order valence-corrected chi connectivity index (χ0v) is 15.0. The van der Waals surface area contributed by atoms with Crippen LogP contribution in [0.3, 0.4) is 0 Å². The van der Waals surface area contributed by atoms with Crippen molar-refractivity contribution in [1.82, 2.24) is 25.1 Å². The molecule has 0 unspecified atom stereocenters. The number of aryl methyl sites for hydroxylation is 1. The summed E-state index contributed by atoms with van der Waals surface area (Å²) in [6.45, 7) is 4.24. The minimum atomic E-state index is 0.512. The normalized spacial score (nSPS) is 20.4. The molecule has 0 aromatic carbocycles. The first-order chi connectivity index (χ1) is 12.8. The number of rotatable bonds is 2. The molecule has 2 aliphatic heterocycles. The summed E-state index contributed by atoms with van der Waals surface area (Å²) >= 11 is 0. The lowest BCUT2D eigenvalue weighted by Gasteiger charge is -2.34. The molecule has 2 aliphatic rings. The third-order valence-electron chi connectivity index (χ3n) is 5.54. The molecule has 1 fully saturated rings. The van der Waals surface area contributed by atoms with Gasteiger partial charge in [-0.3, -0.25) is 10.1 Å². The summed E-state index contributed by atoms with van der Waals surface area (Å²) in [5.41, 5.74) is 3.84. The molecule has 0 bridgehead atoms. The van der Waals surface area contributed by atoms with E-state index in [4.69, 9.17) is 9.97 Å². The molecule has 5 heterocycles. The van der Waals surface area contributed by atoms with Crippen LogP contribution in [0.5, 0.6) is 0 Å². The molecule has 1 atom stereocenters. The fourth-order valence-electron chi connectivity index (χ4n) is 4.16. The highest BCUT2D eigenvalue weighted by molar-refractivity contribution is 5.87. The second kappa shape index (κ2) is 6.23. The van der Waals surface area contributed by atoms with Gasteiger partial charge in [0.25, 0.3) is 0 Å². The smallest absolute Gasteiger partial charge is 0.183 e. The van der Waals surface area contributed by atoms with Gasteiger partial charge in [-0.05, 0) is 51.2 Å². The van der Waals surface area contributed by atoms with Gasteiger partial charge in [-0.15, -0.1) is 0 Å². The van der Waals surface area contributed by atoms with E-state index in [1.165, 1.54) is 19.3 Å². The number of pyridine rings is 1. The molecule has 3 aromatic heterocycles. The van der Waals surface area contributed by atoms with E-state index in [-0.39, 0.29) is 0 Å². The standard InChI is InChI=1S/C19H23N7/c1-13-6-2-3-10-25(13)16-12-21-17-18(22-16)23-24-19(17)26-11-5-7-14-15(26)8-4-9-20-14/h4,8-9,12-13H,2-3,5-7,10-11H2,1H3,(H,22,23,24)/t13-/m0/s1. The van der Waals surface area contributed by atoms with Crippen molar-refractivity contribution in [3.8, 4) is 0 Å². The molecule has 1 saturated heterocycles. The highest BCUT2D eigenvalue weighted by Crippen LogP contribution is 2.34. The Hall–Kier alpha value is -2.70. The van der Waals surface area contributed by atoms with Crippen LogP contribution >= 0.6 is 0 Å². The lowest BCUT2D eigenvalue weighted by atomic mass is 10.0. The van der Waals surface area contributed by atoms with Crippen LogP contribution in [0.4, 0.5) is 17.3 Å². The number of anilines is 3. The van der Waals surface area contributed by atoms with Gasteiger partial charge in [-0.1, -0.05) is 0 Å². The number of aromatic amines is 1. The van der Waals surface area contributed by atoms with E-state index in [1.807, 2.05) is 18.5 Å². The maximum Gasteiger partial charge on any atom is 0.183 e. The fraction of sp³-hybridized carbons (Fsp3) is 0.474. The summed E-state index contributed by atoms with van der Waals surface area (Å²) in [7, 11) is 0. The molecule has 0 radical (unpaired) electrons. The van der Waals surface area contributed by atoms with E-state index in [2.05, 4.69) is 38.0 Å². The molecule has 0 amide bonds. The average Bonchev–Trinajstić information content (AvgIpc) is 3.11. The van der Waals surface area contributed by atoms with Gasteiger partial charge in [0.1, 0.15) is 5.82 Å². The van der Waals surface area contributed by atoms with E-state index < -0.39 is 0 Å². The Kier molecular flexibility index (Phi) is 3.72. The Morgan fingerprint density at radius 2 is 2.12 bits per heavy atom. The molecular formula is C19H23N7. The van der Waals surface area contributed by atoms with Crippen LogP contribution in [0.25, 0.3) is 11.2 Å². The molecule has 3 aromatic rings. The third kappa shape index (κ3) is 2.50. The first kappa shape index (κ1) is 15.5. The SMILES string of the molecule is C[C@H]1CCCCN1c1cnc2c(N3CCCc4ncccc43)n[nH]c2n1. The molecule has 0 saturated carbocycles. The topological polar surface area (TPSA) is 73.8 Å². The average molecular weight is 349 g/mol. The highest BCUT2D eigenvalue weighted by atomic mass is 15.3. The molecule has 0 aliphatic carbocycles. The van der Waals surface area contributed by atoms with E-state index in [1.54, 1.807) is 0 Å². The van der Waals surface area contributed by atoms with Crippen LogP contribution in [-0.2, 0) is 6.42 Å². The van der Waals surface area contributed by atoms with Crippen molar-refractivity contribution >= 4 is 28.5 Å². The van der Waals surface area contributed by atoms with Crippen molar-refractivity contribution in [2.24, 2.45) is 0 Å². The Morgan fingerprint density at radius 1 is 1.15 bits per heavy atom. The number of fused-ring (bicyclic) bond motifs is 2. The fourth-order valence-corrected chi connectivity index (χ4v) is 4.16. The number of hydrogen-bond donors (Lipinski definition) is 1. The van der Waals surface area contributed by atoms with E-state index in [0.29, 0.717) is 6.04 Å². The lowest BCUT2D eigenvalue weighted by Crippen LogP contribution is -2.38. The van der Waals surface area contributed by atoms with Gasteiger partial charge in [0.15, 0.2) is 17.0 Å². The van der Waals surface area contributed by atoms with Crippen LogP contribution in [0.2, 0.25) is 0 Å². The van der Waals surface area contributed by atoms with E-state index >= 15 is 0 Å². The van der Waals surface area contributed by atoms with Crippen molar-refractivity contribution in [2.75, 3.05) is 22.9 Å². The molecular weight excluding hydrogens is 326 g/mol. The number of H-pyrrole nitrogens is 1. The largest absolute Gasteiger partial charge is 0.353 e. The maximum atomic E-state index is 4.82.